The van der Waals surface area contributed by atoms with Crippen LogP contribution >= 0.6 is 0 Å². The molecule has 1 heterocycles. The van der Waals surface area contributed by atoms with Gasteiger partial charge >= 0.3 is 5.97 Å². The van der Waals surface area contributed by atoms with Gasteiger partial charge in [-0.2, -0.15) is 4.68 Å². The molecule has 1 N–H and O–H groups in total. The van der Waals surface area contributed by atoms with Crippen molar-refractivity contribution in [2.24, 2.45) is 0 Å². The first-order valence-electron chi connectivity index (χ1n) is 6.83. The van der Waals surface area contributed by atoms with E-state index in [1.54, 1.807) is 10.7 Å². The molecule has 0 spiro atoms. The van der Waals surface area contributed by atoms with Gasteiger partial charge in [-0.25, -0.2) is 0 Å². The smallest absolute Gasteiger partial charge is 0.307 e. The number of tetrazole rings is 1. The van der Waals surface area contributed by atoms with Crippen molar-refractivity contribution < 1.29 is 9.90 Å². The van der Waals surface area contributed by atoms with E-state index in [1.165, 1.54) is 12.8 Å². The molecular formula is C14H16N4O2. The lowest BCUT2D eigenvalue weighted by atomic mass is 10.1. The third-order valence-corrected chi connectivity index (χ3v) is 3.72. The first kappa shape index (κ1) is 12.8. The number of benzene rings is 1. The fraction of sp³-hybridized carbons (Fsp3) is 0.429. The lowest BCUT2D eigenvalue weighted by molar-refractivity contribution is -0.136. The summed E-state index contributed by atoms with van der Waals surface area (Å²) < 4.78 is 1.74. The van der Waals surface area contributed by atoms with E-state index in [-0.39, 0.29) is 6.42 Å². The van der Waals surface area contributed by atoms with E-state index >= 15 is 0 Å². The van der Waals surface area contributed by atoms with Gasteiger partial charge in [0.05, 0.1) is 12.1 Å². The summed E-state index contributed by atoms with van der Waals surface area (Å²) in [6, 6.07) is 7.38. The predicted molar refractivity (Wildman–Crippen MR) is 71.7 cm³/mol. The first-order chi connectivity index (χ1) is 9.74. The zero-order chi connectivity index (χ0) is 13.9. The number of hydrogen-bond donors (Lipinski definition) is 1. The van der Waals surface area contributed by atoms with Crippen molar-refractivity contribution in [3.8, 4) is 5.69 Å². The molecule has 1 aliphatic carbocycles. The van der Waals surface area contributed by atoms with Gasteiger partial charge < -0.3 is 5.11 Å². The first-order valence-corrected chi connectivity index (χ1v) is 6.83. The molecule has 3 rings (SSSR count). The zero-order valence-corrected chi connectivity index (χ0v) is 11.1. The highest BCUT2D eigenvalue weighted by Gasteiger charge is 2.23. The van der Waals surface area contributed by atoms with Gasteiger partial charge in [0.1, 0.15) is 0 Å². The van der Waals surface area contributed by atoms with Crippen LogP contribution in [0.5, 0.6) is 0 Å². The van der Waals surface area contributed by atoms with E-state index in [1.807, 2.05) is 18.2 Å². The van der Waals surface area contributed by atoms with Crippen LogP contribution in [0.4, 0.5) is 0 Å². The molecule has 0 atom stereocenters. The minimum Gasteiger partial charge on any atom is -0.481 e. The van der Waals surface area contributed by atoms with Crippen LogP contribution in [-0.4, -0.2) is 31.3 Å². The predicted octanol–water partition coefficient (Wildman–Crippen LogP) is 1.95. The molecule has 0 unspecified atom stereocenters. The highest BCUT2D eigenvalue weighted by Crippen LogP contribution is 2.33. The summed E-state index contributed by atoms with van der Waals surface area (Å²) in [4.78, 5) is 10.8. The largest absolute Gasteiger partial charge is 0.481 e. The van der Waals surface area contributed by atoms with Crippen molar-refractivity contribution in [2.75, 3.05) is 0 Å². The lowest BCUT2D eigenvalue weighted by Crippen LogP contribution is -2.08. The van der Waals surface area contributed by atoms with Crippen LogP contribution in [0.25, 0.3) is 5.69 Å². The van der Waals surface area contributed by atoms with Crippen LogP contribution in [0.3, 0.4) is 0 Å². The number of hydrogen-bond acceptors (Lipinski definition) is 4. The molecule has 1 aliphatic rings. The molecule has 1 saturated carbocycles. The van der Waals surface area contributed by atoms with E-state index in [0.29, 0.717) is 5.92 Å². The van der Waals surface area contributed by atoms with Crippen LogP contribution in [0.2, 0.25) is 0 Å². The number of carbonyl (C=O) groups is 1. The van der Waals surface area contributed by atoms with E-state index < -0.39 is 5.97 Å². The van der Waals surface area contributed by atoms with Gasteiger partial charge in [0.2, 0.25) is 0 Å². The molecule has 1 fully saturated rings. The average Bonchev–Trinajstić information content (AvgIpc) is 3.09. The maximum absolute atomic E-state index is 10.8. The molecule has 1 aromatic heterocycles. The summed E-state index contributed by atoms with van der Waals surface area (Å²) in [6.45, 7) is 0. The second kappa shape index (κ2) is 5.40. The molecular weight excluding hydrogens is 256 g/mol. The molecule has 0 bridgehead atoms. The van der Waals surface area contributed by atoms with Crippen molar-refractivity contribution in [3.63, 3.8) is 0 Å². The molecule has 0 amide bonds. The maximum Gasteiger partial charge on any atom is 0.307 e. The topological polar surface area (TPSA) is 80.9 Å². The molecule has 20 heavy (non-hydrogen) atoms. The molecule has 0 radical (unpaired) electrons. The fourth-order valence-electron chi connectivity index (χ4n) is 2.79. The Balaban J connectivity index is 1.92. The fourth-order valence-corrected chi connectivity index (χ4v) is 2.79. The average molecular weight is 272 g/mol. The van der Waals surface area contributed by atoms with Gasteiger partial charge in [-0.1, -0.05) is 25.0 Å². The second-order valence-corrected chi connectivity index (χ2v) is 5.17. The zero-order valence-electron chi connectivity index (χ0n) is 11.1. The molecule has 104 valence electrons. The Kier molecular flexibility index (Phi) is 3.45. The summed E-state index contributed by atoms with van der Waals surface area (Å²) in [5.74, 6) is 0.456. The summed E-state index contributed by atoms with van der Waals surface area (Å²) in [5.41, 5.74) is 1.58. The normalized spacial score (nSPS) is 15.6. The number of rotatable bonds is 4. The molecule has 0 saturated heterocycles. The number of carboxylic acids is 1. The molecule has 6 heteroatoms. The molecule has 2 aromatic rings. The standard InChI is InChI=1S/C14H16N4O2/c19-13(20)9-10-4-3-7-12(8-10)18-14(15-16-17-18)11-5-1-2-6-11/h3-4,7-8,11H,1-2,5-6,9H2,(H,19,20). The summed E-state index contributed by atoms with van der Waals surface area (Å²) >= 11 is 0. The van der Waals surface area contributed by atoms with Crippen LogP contribution in [0.1, 0.15) is 43.0 Å². The number of aromatic nitrogens is 4. The van der Waals surface area contributed by atoms with E-state index in [2.05, 4.69) is 15.5 Å². The summed E-state index contributed by atoms with van der Waals surface area (Å²) in [6.07, 6.45) is 4.69. The Bertz CT molecular complexity index is 617. The van der Waals surface area contributed by atoms with E-state index in [0.717, 1.165) is 29.9 Å². The second-order valence-electron chi connectivity index (χ2n) is 5.17. The Morgan fingerprint density at radius 3 is 2.90 bits per heavy atom. The van der Waals surface area contributed by atoms with Crippen LogP contribution < -0.4 is 0 Å². The van der Waals surface area contributed by atoms with Crippen LogP contribution in [-0.2, 0) is 11.2 Å². The molecule has 1 aromatic carbocycles. The van der Waals surface area contributed by atoms with Crippen molar-refractivity contribution in [3.05, 3.63) is 35.7 Å². The van der Waals surface area contributed by atoms with Crippen molar-refractivity contribution in [1.82, 2.24) is 20.2 Å². The van der Waals surface area contributed by atoms with Crippen molar-refractivity contribution >= 4 is 5.97 Å². The Labute approximate surface area is 116 Å². The number of aliphatic carboxylic acids is 1. The minimum absolute atomic E-state index is 0.00866. The van der Waals surface area contributed by atoms with Crippen molar-refractivity contribution in [2.45, 2.75) is 38.0 Å². The number of nitrogens with zero attached hydrogens (tertiary/aromatic N) is 4. The van der Waals surface area contributed by atoms with E-state index in [4.69, 9.17) is 5.11 Å². The van der Waals surface area contributed by atoms with Gasteiger partial charge in [0.15, 0.2) is 5.82 Å². The Morgan fingerprint density at radius 2 is 2.15 bits per heavy atom. The van der Waals surface area contributed by atoms with Gasteiger partial charge in [0, 0.05) is 5.92 Å². The third kappa shape index (κ3) is 2.54. The van der Waals surface area contributed by atoms with Gasteiger partial charge in [-0.3, -0.25) is 4.79 Å². The summed E-state index contributed by atoms with van der Waals surface area (Å²) in [7, 11) is 0. The Morgan fingerprint density at radius 1 is 1.35 bits per heavy atom. The molecule has 6 nitrogen and oxygen atoms in total. The van der Waals surface area contributed by atoms with Crippen molar-refractivity contribution in [1.29, 1.82) is 0 Å². The Hall–Kier alpha value is -2.24. The highest BCUT2D eigenvalue weighted by atomic mass is 16.4. The van der Waals surface area contributed by atoms with Gasteiger partial charge in [-0.05, 0) is 41.0 Å². The van der Waals surface area contributed by atoms with Gasteiger partial charge in [0.25, 0.3) is 0 Å². The summed E-state index contributed by atoms with van der Waals surface area (Å²) in [5, 5.41) is 20.9. The molecule has 0 aliphatic heterocycles. The highest BCUT2D eigenvalue weighted by molar-refractivity contribution is 5.70. The maximum atomic E-state index is 10.8. The van der Waals surface area contributed by atoms with Gasteiger partial charge in [-0.15, -0.1) is 5.10 Å². The van der Waals surface area contributed by atoms with E-state index in [9.17, 15) is 4.79 Å². The quantitative estimate of drug-likeness (QED) is 0.920. The lowest BCUT2D eigenvalue weighted by Gasteiger charge is -2.10. The van der Waals surface area contributed by atoms with Crippen LogP contribution in [0.15, 0.2) is 24.3 Å². The third-order valence-electron chi connectivity index (χ3n) is 3.72. The SMILES string of the molecule is O=C(O)Cc1cccc(-n2nnnc2C2CCCC2)c1. The number of carboxylic acid groups (broad SMARTS) is 1. The minimum atomic E-state index is -0.838. The monoisotopic (exact) mass is 272 g/mol. The van der Waals surface area contributed by atoms with Crippen LogP contribution in [0, 0.1) is 0 Å².